The smallest absolute Gasteiger partial charge is 0.242 e. The zero-order valence-corrected chi connectivity index (χ0v) is 10.2. The van der Waals surface area contributed by atoms with Crippen molar-refractivity contribution in [2.24, 2.45) is 0 Å². The number of pyridine rings is 1. The first kappa shape index (κ1) is 13.0. The number of anilines is 1. The minimum Gasteiger partial charge on any atom is -0.359 e. The summed E-state index contributed by atoms with van der Waals surface area (Å²) in [6.45, 7) is 5.55. The Hall–Kier alpha value is -2.09. The van der Waals surface area contributed by atoms with Gasteiger partial charge in [-0.05, 0) is 32.9 Å². The normalized spacial score (nSPS) is 11.7. The number of carbonyl (C=O) groups excluding carboxylic acids is 1. The van der Waals surface area contributed by atoms with Crippen LogP contribution in [-0.2, 0) is 4.79 Å². The van der Waals surface area contributed by atoms with Crippen LogP contribution in [0.15, 0.2) is 18.3 Å². The molecule has 1 heterocycles. The summed E-state index contributed by atoms with van der Waals surface area (Å²) in [5, 5.41) is 14.5. The summed E-state index contributed by atoms with van der Waals surface area (Å²) < 4.78 is 0. The molecule has 0 aliphatic rings. The van der Waals surface area contributed by atoms with Crippen LogP contribution in [0.3, 0.4) is 0 Å². The topological polar surface area (TPSA) is 77.8 Å². The first-order chi connectivity index (χ1) is 8.02. The number of carbonyl (C=O) groups is 1. The maximum absolute atomic E-state index is 11.6. The zero-order chi connectivity index (χ0) is 12.8. The Labute approximate surface area is 101 Å². The fraction of sp³-hybridized carbons (Fsp3) is 0.417. The van der Waals surface area contributed by atoms with E-state index >= 15 is 0 Å². The lowest BCUT2D eigenvalue weighted by Gasteiger charge is -2.16. The van der Waals surface area contributed by atoms with E-state index in [2.05, 4.69) is 15.6 Å². The van der Waals surface area contributed by atoms with E-state index in [1.165, 1.54) is 6.20 Å². The SMILES string of the molecule is CC(C)NC(=O)C(C)Nc1cc(C#N)ccn1. The minimum atomic E-state index is -0.390. The molecule has 0 aromatic carbocycles. The number of rotatable bonds is 4. The highest BCUT2D eigenvalue weighted by Crippen LogP contribution is 2.07. The molecule has 5 heteroatoms. The van der Waals surface area contributed by atoms with Crippen LogP contribution in [0.4, 0.5) is 5.82 Å². The van der Waals surface area contributed by atoms with Gasteiger partial charge in [0.1, 0.15) is 11.9 Å². The summed E-state index contributed by atoms with van der Waals surface area (Å²) in [6, 6.07) is 4.96. The van der Waals surface area contributed by atoms with Gasteiger partial charge in [-0.15, -0.1) is 0 Å². The highest BCUT2D eigenvalue weighted by molar-refractivity contribution is 5.84. The maximum Gasteiger partial charge on any atom is 0.242 e. The second-order valence-corrected chi connectivity index (χ2v) is 4.07. The largest absolute Gasteiger partial charge is 0.359 e. The second-order valence-electron chi connectivity index (χ2n) is 4.07. The van der Waals surface area contributed by atoms with Gasteiger partial charge >= 0.3 is 0 Å². The van der Waals surface area contributed by atoms with Crippen molar-refractivity contribution in [1.82, 2.24) is 10.3 Å². The van der Waals surface area contributed by atoms with Crippen molar-refractivity contribution in [3.63, 3.8) is 0 Å². The van der Waals surface area contributed by atoms with E-state index in [1.807, 2.05) is 19.9 Å². The van der Waals surface area contributed by atoms with E-state index in [9.17, 15) is 4.79 Å². The number of nitrogens with one attached hydrogen (secondary N) is 2. The van der Waals surface area contributed by atoms with Crippen molar-refractivity contribution >= 4 is 11.7 Å². The lowest BCUT2D eigenvalue weighted by Crippen LogP contribution is -2.41. The van der Waals surface area contributed by atoms with E-state index in [0.717, 1.165) is 0 Å². The Kier molecular flexibility index (Phi) is 4.46. The molecule has 0 aliphatic carbocycles. The summed E-state index contributed by atoms with van der Waals surface area (Å²) >= 11 is 0. The van der Waals surface area contributed by atoms with E-state index in [-0.39, 0.29) is 18.0 Å². The first-order valence-electron chi connectivity index (χ1n) is 5.46. The summed E-state index contributed by atoms with van der Waals surface area (Å²) in [4.78, 5) is 15.7. The molecule has 0 aliphatic heterocycles. The molecule has 1 unspecified atom stereocenters. The Bertz CT molecular complexity index is 436. The average Bonchev–Trinajstić information content (AvgIpc) is 2.28. The molecule has 0 radical (unpaired) electrons. The van der Waals surface area contributed by atoms with Crippen molar-refractivity contribution in [3.8, 4) is 6.07 Å². The van der Waals surface area contributed by atoms with E-state index in [0.29, 0.717) is 11.4 Å². The van der Waals surface area contributed by atoms with Crippen molar-refractivity contribution in [2.45, 2.75) is 32.9 Å². The Balaban J connectivity index is 2.64. The van der Waals surface area contributed by atoms with Crippen LogP contribution < -0.4 is 10.6 Å². The molecule has 0 saturated heterocycles. The van der Waals surface area contributed by atoms with Crippen molar-refractivity contribution in [1.29, 1.82) is 5.26 Å². The molecule has 5 nitrogen and oxygen atoms in total. The van der Waals surface area contributed by atoms with Gasteiger partial charge in [-0.1, -0.05) is 0 Å². The Morgan fingerprint density at radius 3 is 2.76 bits per heavy atom. The number of nitrogens with zero attached hydrogens (tertiary/aromatic N) is 2. The van der Waals surface area contributed by atoms with Crippen LogP contribution in [0.2, 0.25) is 0 Å². The van der Waals surface area contributed by atoms with E-state index in [4.69, 9.17) is 5.26 Å². The van der Waals surface area contributed by atoms with Crippen LogP contribution in [0.25, 0.3) is 0 Å². The first-order valence-corrected chi connectivity index (χ1v) is 5.46. The van der Waals surface area contributed by atoms with E-state index in [1.54, 1.807) is 19.1 Å². The van der Waals surface area contributed by atoms with Gasteiger partial charge in [-0.2, -0.15) is 5.26 Å². The lowest BCUT2D eigenvalue weighted by molar-refractivity contribution is -0.122. The molecule has 0 saturated carbocycles. The van der Waals surface area contributed by atoms with Crippen LogP contribution >= 0.6 is 0 Å². The van der Waals surface area contributed by atoms with Crippen molar-refractivity contribution in [3.05, 3.63) is 23.9 Å². The van der Waals surface area contributed by atoms with Gasteiger partial charge < -0.3 is 10.6 Å². The van der Waals surface area contributed by atoms with E-state index < -0.39 is 0 Å². The summed E-state index contributed by atoms with van der Waals surface area (Å²) in [5.74, 6) is 0.430. The molecule has 1 aromatic rings. The zero-order valence-electron chi connectivity index (χ0n) is 10.2. The molecular formula is C12H16N4O. The third kappa shape index (κ3) is 4.11. The summed E-state index contributed by atoms with van der Waals surface area (Å²) in [6.07, 6.45) is 1.54. The molecular weight excluding hydrogens is 216 g/mol. The third-order valence-electron chi connectivity index (χ3n) is 2.08. The molecule has 1 rings (SSSR count). The third-order valence-corrected chi connectivity index (χ3v) is 2.08. The quantitative estimate of drug-likeness (QED) is 0.819. The number of hydrogen-bond donors (Lipinski definition) is 2. The fourth-order valence-electron chi connectivity index (χ4n) is 1.28. The predicted molar refractivity (Wildman–Crippen MR) is 65.3 cm³/mol. The van der Waals surface area contributed by atoms with Crippen molar-refractivity contribution in [2.75, 3.05) is 5.32 Å². The van der Waals surface area contributed by atoms with Crippen LogP contribution in [-0.4, -0.2) is 23.0 Å². The maximum atomic E-state index is 11.6. The standard InChI is InChI=1S/C12H16N4O/c1-8(2)15-12(17)9(3)16-11-6-10(7-13)4-5-14-11/h4-6,8-9H,1-3H3,(H,14,16)(H,15,17). The Morgan fingerprint density at radius 1 is 1.47 bits per heavy atom. The summed E-state index contributed by atoms with van der Waals surface area (Å²) in [5.41, 5.74) is 0.513. The predicted octanol–water partition coefficient (Wildman–Crippen LogP) is 1.28. The number of hydrogen-bond acceptors (Lipinski definition) is 4. The van der Waals surface area contributed by atoms with Gasteiger partial charge in [0.2, 0.25) is 5.91 Å². The van der Waals surface area contributed by atoms with Gasteiger partial charge in [-0.3, -0.25) is 4.79 Å². The lowest BCUT2D eigenvalue weighted by atomic mass is 10.2. The number of aromatic nitrogens is 1. The van der Waals surface area contributed by atoms with Crippen molar-refractivity contribution < 1.29 is 4.79 Å². The highest BCUT2D eigenvalue weighted by atomic mass is 16.2. The average molecular weight is 232 g/mol. The molecule has 0 bridgehead atoms. The van der Waals surface area contributed by atoms with Crippen LogP contribution in [0.1, 0.15) is 26.3 Å². The second kappa shape index (κ2) is 5.85. The molecule has 90 valence electrons. The molecule has 1 atom stereocenters. The van der Waals surface area contributed by atoms with Crippen LogP contribution in [0, 0.1) is 11.3 Å². The summed E-state index contributed by atoms with van der Waals surface area (Å²) in [7, 11) is 0. The number of nitriles is 1. The van der Waals surface area contributed by atoms with Gasteiger partial charge in [0.05, 0.1) is 11.6 Å². The van der Waals surface area contributed by atoms with Crippen LogP contribution in [0.5, 0.6) is 0 Å². The number of amides is 1. The highest BCUT2D eigenvalue weighted by Gasteiger charge is 2.13. The van der Waals surface area contributed by atoms with Gasteiger partial charge in [0.25, 0.3) is 0 Å². The van der Waals surface area contributed by atoms with Gasteiger partial charge in [0.15, 0.2) is 0 Å². The molecule has 0 fully saturated rings. The molecule has 17 heavy (non-hydrogen) atoms. The van der Waals surface area contributed by atoms with Gasteiger partial charge in [0, 0.05) is 12.2 Å². The Morgan fingerprint density at radius 2 is 2.18 bits per heavy atom. The monoisotopic (exact) mass is 232 g/mol. The van der Waals surface area contributed by atoms with Gasteiger partial charge in [-0.25, -0.2) is 4.98 Å². The molecule has 0 spiro atoms. The molecule has 1 amide bonds. The molecule has 1 aromatic heterocycles. The molecule has 2 N–H and O–H groups in total. The fourth-order valence-corrected chi connectivity index (χ4v) is 1.28. The minimum absolute atomic E-state index is 0.0934.